The van der Waals surface area contributed by atoms with Gasteiger partial charge < -0.3 is 10.1 Å². The van der Waals surface area contributed by atoms with Crippen LogP contribution in [-0.4, -0.2) is 45.9 Å². The molecule has 0 aliphatic carbocycles. The summed E-state index contributed by atoms with van der Waals surface area (Å²) in [7, 11) is -3.57. The fourth-order valence-corrected chi connectivity index (χ4v) is 3.57. The Morgan fingerprint density at radius 3 is 2.38 bits per heavy atom. The van der Waals surface area contributed by atoms with E-state index in [1.807, 2.05) is 13.8 Å². The highest BCUT2D eigenvalue weighted by molar-refractivity contribution is 7.92. The summed E-state index contributed by atoms with van der Waals surface area (Å²) in [6.45, 7) is 6.72. The molecule has 0 aliphatic heterocycles. The molecule has 1 rings (SSSR count). The van der Waals surface area contributed by atoms with Crippen molar-refractivity contribution in [3.05, 3.63) is 30.3 Å². The van der Waals surface area contributed by atoms with E-state index >= 15 is 0 Å². The lowest BCUT2D eigenvalue weighted by Gasteiger charge is -2.30. The molecule has 0 aromatic heterocycles. The summed E-state index contributed by atoms with van der Waals surface area (Å²) in [5.74, 6) is -0.295. The molecule has 6 nitrogen and oxygen atoms in total. The van der Waals surface area contributed by atoms with E-state index in [9.17, 15) is 13.2 Å². The van der Waals surface area contributed by atoms with E-state index in [-0.39, 0.29) is 12.0 Å². The van der Waals surface area contributed by atoms with Gasteiger partial charge in [0.25, 0.3) is 0 Å². The fraction of sp³-hybridized carbons (Fsp3) is 0.588. The Morgan fingerprint density at radius 2 is 1.88 bits per heavy atom. The Morgan fingerprint density at radius 1 is 1.25 bits per heavy atom. The van der Waals surface area contributed by atoms with Crippen LogP contribution in [0.2, 0.25) is 0 Å². The molecular weight excluding hydrogens is 328 g/mol. The number of hydrogen-bond acceptors (Lipinski definition) is 4. The van der Waals surface area contributed by atoms with E-state index in [0.29, 0.717) is 31.7 Å². The Balaban J connectivity index is 2.78. The fourth-order valence-electron chi connectivity index (χ4n) is 2.36. The number of nitrogens with one attached hydrogen (secondary N) is 1. The van der Waals surface area contributed by atoms with Gasteiger partial charge in [0.05, 0.1) is 18.0 Å². The number of carbonyl (C=O) groups excluding carboxylic acids is 1. The van der Waals surface area contributed by atoms with Gasteiger partial charge in [0.2, 0.25) is 15.9 Å². The van der Waals surface area contributed by atoms with Crippen molar-refractivity contribution in [3.8, 4) is 0 Å². The van der Waals surface area contributed by atoms with Gasteiger partial charge in [0.1, 0.15) is 6.04 Å². The van der Waals surface area contributed by atoms with E-state index in [1.54, 1.807) is 37.3 Å². The van der Waals surface area contributed by atoms with E-state index < -0.39 is 16.1 Å². The summed E-state index contributed by atoms with van der Waals surface area (Å²) < 4.78 is 31.0. The summed E-state index contributed by atoms with van der Waals surface area (Å²) in [6.07, 6.45) is 2.34. The molecule has 1 aromatic rings. The van der Waals surface area contributed by atoms with Crippen LogP contribution in [0.15, 0.2) is 30.3 Å². The zero-order chi connectivity index (χ0) is 18.2. The van der Waals surface area contributed by atoms with E-state index in [1.165, 1.54) is 4.31 Å². The number of carbonyl (C=O) groups is 1. The van der Waals surface area contributed by atoms with Crippen LogP contribution in [0.25, 0.3) is 0 Å². The van der Waals surface area contributed by atoms with Gasteiger partial charge in [-0.2, -0.15) is 0 Å². The number of sulfonamides is 1. The van der Waals surface area contributed by atoms with Crippen LogP contribution < -0.4 is 9.62 Å². The quantitative estimate of drug-likeness (QED) is 0.652. The monoisotopic (exact) mass is 356 g/mol. The minimum absolute atomic E-state index is 0.155. The smallest absolute Gasteiger partial charge is 0.243 e. The maximum absolute atomic E-state index is 12.5. The Labute approximate surface area is 145 Å². The van der Waals surface area contributed by atoms with Gasteiger partial charge in [-0.1, -0.05) is 25.1 Å². The van der Waals surface area contributed by atoms with Crippen LogP contribution in [0.1, 0.15) is 33.6 Å². The Kier molecular flexibility index (Phi) is 8.21. The van der Waals surface area contributed by atoms with Gasteiger partial charge in [-0.15, -0.1) is 0 Å². The predicted molar refractivity (Wildman–Crippen MR) is 96.6 cm³/mol. The third-order valence-electron chi connectivity index (χ3n) is 3.41. The highest BCUT2D eigenvalue weighted by Gasteiger charge is 2.31. The molecule has 1 amide bonds. The molecule has 0 unspecified atom stereocenters. The molecule has 0 fully saturated rings. The predicted octanol–water partition coefficient (Wildman–Crippen LogP) is 2.16. The van der Waals surface area contributed by atoms with Crippen molar-refractivity contribution < 1.29 is 17.9 Å². The van der Waals surface area contributed by atoms with Crippen molar-refractivity contribution in [2.75, 3.05) is 23.7 Å². The number of anilines is 1. The average Bonchev–Trinajstić information content (AvgIpc) is 2.51. The van der Waals surface area contributed by atoms with E-state index in [4.69, 9.17) is 4.74 Å². The van der Waals surface area contributed by atoms with Crippen LogP contribution >= 0.6 is 0 Å². The van der Waals surface area contributed by atoms with Gasteiger partial charge in [-0.3, -0.25) is 9.10 Å². The Bertz CT molecular complexity index is 602. The largest absolute Gasteiger partial charge is 0.379 e. The van der Waals surface area contributed by atoms with Gasteiger partial charge in [-0.25, -0.2) is 8.42 Å². The Hall–Kier alpha value is -1.60. The lowest BCUT2D eigenvalue weighted by atomic mass is 10.2. The normalized spacial score (nSPS) is 12.9. The number of rotatable bonds is 10. The number of nitrogens with zero attached hydrogens (tertiary/aromatic N) is 1. The molecule has 0 saturated carbocycles. The van der Waals surface area contributed by atoms with Crippen LogP contribution in [0.3, 0.4) is 0 Å². The van der Waals surface area contributed by atoms with E-state index in [0.717, 1.165) is 6.26 Å². The number of hydrogen-bond donors (Lipinski definition) is 1. The second kappa shape index (κ2) is 9.64. The van der Waals surface area contributed by atoms with Crippen molar-refractivity contribution in [1.29, 1.82) is 0 Å². The summed E-state index contributed by atoms with van der Waals surface area (Å²) in [4.78, 5) is 12.5. The molecular formula is C17H28N2O4S. The van der Waals surface area contributed by atoms with E-state index in [2.05, 4.69) is 5.32 Å². The average molecular weight is 356 g/mol. The summed E-state index contributed by atoms with van der Waals surface area (Å²) in [5, 5.41) is 2.80. The first-order valence-corrected chi connectivity index (χ1v) is 10.1. The molecule has 1 N–H and O–H groups in total. The lowest BCUT2D eigenvalue weighted by Crippen LogP contribution is -2.49. The van der Waals surface area contributed by atoms with Crippen molar-refractivity contribution in [2.24, 2.45) is 0 Å². The number of benzene rings is 1. The minimum Gasteiger partial charge on any atom is -0.379 e. The third kappa shape index (κ3) is 6.49. The molecule has 1 atom stereocenters. The number of amides is 1. The van der Waals surface area contributed by atoms with Gasteiger partial charge in [0, 0.05) is 13.2 Å². The molecule has 7 heteroatoms. The molecule has 136 valence electrons. The molecule has 24 heavy (non-hydrogen) atoms. The van der Waals surface area contributed by atoms with Gasteiger partial charge in [-0.05, 0) is 38.8 Å². The summed E-state index contributed by atoms with van der Waals surface area (Å²) in [6, 6.07) is 7.91. The topological polar surface area (TPSA) is 75.7 Å². The molecule has 1 aromatic carbocycles. The minimum atomic E-state index is -3.57. The SMILES string of the molecule is CC[C@H](C(=O)NCCCOC(C)C)N(c1ccccc1)S(C)(=O)=O. The first-order valence-electron chi connectivity index (χ1n) is 8.21. The lowest BCUT2D eigenvalue weighted by molar-refractivity contribution is -0.122. The molecule has 0 radical (unpaired) electrons. The number of para-hydroxylation sites is 1. The zero-order valence-corrected chi connectivity index (χ0v) is 15.7. The maximum Gasteiger partial charge on any atom is 0.243 e. The molecule has 0 spiro atoms. The maximum atomic E-state index is 12.5. The second-order valence-electron chi connectivity index (χ2n) is 5.88. The van der Waals surface area contributed by atoms with Crippen LogP contribution in [-0.2, 0) is 19.6 Å². The third-order valence-corrected chi connectivity index (χ3v) is 4.59. The standard InChI is InChI=1S/C17H28N2O4S/c1-5-16(17(20)18-12-9-13-23-14(2)3)19(24(4,21)22)15-10-7-6-8-11-15/h6-8,10-11,14,16H,5,9,12-13H2,1-4H3,(H,18,20)/t16-/m1/s1. The van der Waals surface area contributed by atoms with Crippen molar-refractivity contribution in [2.45, 2.75) is 45.8 Å². The summed E-state index contributed by atoms with van der Waals surface area (Å²) in [5.41, 5.74) is 0.491. The zero-order valence-electron chi connectivity index (χ0n) is 14.9. The highest BCUT2D eigenvalue weighted by atomic mass is 32.2. The molecule has 0 aliphatic rings. The van der Waals surface area contributed by atoms with Crippen LogP contribution in [0.4, 0.5) is 5.69 Å². The number of ether oxygens (including phenoxy) is 1. The van der Waals surface area contributed by atoms with Crippen molar-refractivity contribution in [1.82, 2.24) is 5.32 Å². The first-order chi connectivity index (χ1) is 11.3. The van der Waals surface area contributed by atoms with Crippen molar-refractivity contribution in [3.63, 3.8) is 0 Å². The molecule has 0 bridgehead atoms. The first kappa shape index (κ1) is 20.4. The second-order valence-corrected chi connectivity index (χ2v) is 7.74. The molecule has 0 saturated heterocycles. The molecule has 0 heterocycles. The van der Waals surface area contributed by atoms with Crippen LogP contribution in [0.5, 0.6) is 0 Å². The highest BCUT2D eigenvalue weighted by Crippen LogP contribution is 2.21. The van der Waals surface area contributed by atoms with Crippen LogP contribution in [0, 0.1) is 0 Å². The van der Waals surface area contributed by atoms with Crippen molar-refractivity contribution >= 4 is 21.6 Å². The van der Waals surface area contributed by atoms with Gasteiger partial charge >= 0.3 is 0 Å². The summed E-state index contributed by atoms with van der Waals surface area (Å²) >= 11 is 0. The van der Waals surface area contributed by atoms with Gasteiger partial charge in [0.15, 0.2) is 0 Å².